The molecule has 1 aromatic carbocycles. The zero-order chi connectivity index (χ0) is 13.9. The largest absolute Gasteiger partial charge is 0.381 e. The highest BCUT2D eigenvalue weighted by Crippen LogP contribution is 2.24. The minimum atomic E-state index is -3.21. The normalized spacial score (nSPS) is 20.0. The van der Waals surface area contributed by atoms with Gasteiger partial charge in [-0.2, -0.15) is 11.8 Å². The van der Waals surface area contributed by atoms with Gasteiger partial charge in [-0.3, -0.25) is 4.72 Å². The first-order chi connectivity index (χ1) is 8.94. The van der Waals surface area contributed by atoms with Crippen LogP contribution in [0.3, 0.4) is 0 Å². The molecule has 1 aliphatic heterocycles. The van der Waals surface area contributed by atoms with Crippen molar-refractivity contribution in [2.24, 2.45) is 0 Å². The van der Waals surface area contributed by atoms with Gasteiger partial charge in [0.25, 0.3) is 0 Å². The van der Waals surface area contributed by atoms with Crippen LogP contribution >= 0.6 is 11.8 Å². The smallest absolute Gasteiger partial charge is 0.229 e. The van der Waals surface area contributed by atoms with E-state index in [1.165, 1.54) is 18.6 Å². The van der Waals surface area contributed by atoms with Crippen molar-refractivity contribution < 1.29 is 8.42 Å². The highest BCUT2D eigenvalue weighted by Gasteiger charge is 2.13. The van der Waals surface area contributed by atoms with Crippen LogP contribution in [-0.4, -0.2) is 32.2 Å². The molecule has 0 amide bonds. The number of thioether (sulfide) groups is 1. The summed E-state index contributed by atoms with van der Waals surface area (Å²) in [6, 6.07) is 6.26. The Hall–Kier alpha value is -0.880. The molecule has 106 valence electrons. The molecule has 6 heteroatoms. The molecule has 1 unspecified atom stereocenters. The van der Waals surface area contributed by atoms with Gasteiger partial charge in [-0.25, -0.2) is 8.42 Å². The fraction of sp³-hybridized carbons (Fsp3) is 0.538. The minimum Gasteiger partial charge on any atom is -0.381 e. The fourth-order valence-electron chi connectivity index (χ4n) is 2.16. The Morgan fingerprint density at radius 3 is 2.74 bits per heavy atom. The van der Waals surface area contributed by atoms with Crippen molar-refractivity contribution in [1.82, 2.24) is 0 Å². The maximum absolute atomic E-state index is 11.2. The molecular formula is C13H20N2O2S2. The predicted molar refractivity (Wildman–Crippen MR) is 83.6 cm³/mol. The Balaban J connectivity index is 2.05. The maximum Gasteiger partial charge on any atom is 0.229 e. The van der Waals surface area contributed by atoms with Crippen LogP contribution in [-0.2, 0) is 10.0 Å². The third-order valence-electron chi connectivity index (χ3n) is 3.05. The lowest BCUT2D eigenvalue weighted by atomic mass is 10.1. The first kappa shape index (κ1) is 14.5. The van der Waals surface area contributed by atoms with Gasteiger partial charge in [0.05, 0.1) is 11.9 Å². The van der Waals surface area contributed by atoms with Gasteiger partial charge in [-0.05, 0) is 49.3 Å². The third-order valence-corrected chi connectivity index (χ3v) is 4.86. The second-order valence-electron chi connectivity index (χ2n) is 4.96. The van der Waals surface area contributed by atoms with Crippen LogP contribution < -0.4 is 10.0 Å². The van der Waals surface area contributed by atoms with Crippen molar-refractivity contribution in [3.63, 3.8) is 0 Å². The molecule has 1 fully saturated rings. The number of sulfonamides is 1. The quantitative estimate of drug-likeness (QED) is 0.897. The van der Waals surface area contributed by atoms with Crippen LogP contribution in [0, 0.1) is 6.92 Å². The van der Waals surface area contributed by atoms with Gasteiger partial charge in [0.1, 0.15) is 0 Å². The summed E-state index contributed by atoms with van der Waals surface area (Å²) in [5.74, 6) is 2.40. The Labute approximate surface area is 119 Å². The van der Waals surface area contributed by atoms with E-state index < -0.39 is 10.0 Å². The molecule has 0 bridgehead atoms. The molecule has 2 rings (SSSR count). The number of nitrogens with one attached hydrogen (secondary N) is 2. The maximum atomic E-state index is 11.2. The van der Waals surface area contributed by atoms with Crippen LogP contribution in [0.4, 0.5) is 11.4 Å². The van der Waals surface area contributed by atoms with E-state index >= 15 is 0 Å². The topological polar surface area (TPSA) is 58.2 Å². The van der Waals surface area contributed by atoms with Crippen LogP contribution in [0.2, 0.25) is 0 Å². The van der Waals surface area contributed by atoms with Crippen molar-refractivity contribution >= 4 is 33.2 Å². The van der Waals surface area contributed by atoms with Crippen molar-refractivity contribution in [3.05, 3.63) is 23.8 Å². The van der Waals surface area contributed by atoms with Gasteiger partial charge in [0, 0.05) is 17.5 Å². The first-order valence-electron chi connectivity index (χ1n) is 6.37. The van der Waals surface area contributed by atoms with Gasteiger partial charge < -0.3 is 5.32 Å². The molecule has 0 spiro atoms. The molecule has 1 heterocycles. The molecule has 1 aromatic rings. The average molecular weight is 300 g/mol. The number of anilines is 2. The third kappa shape index (κ3) is 4.62. The summed E-state index contributed by atoms with van der Waals surface area (Å²) in [4.78, 5) is 0. The zero-order valence-electron chi connectivity index (χ0n) is 11.3. The lowest BCUT2D eigenvalue weighted by molar-refractivity contribution is 0.607. The summed E-state index contributed by atoms with van der Waals surface area (Å²) in [5.41, 5.74) is 2.63. The van der Waals surface area contributed by atoms with Gasteiger partial charge in [0.15, 0.2) is 0 Å². The molecule has 1 saturated heterocycles. The summed E-state index contributed by atoms with van der Waals surface area (Å²) in [7, 11) is -3.21. The van der Waals surface area contributed by atoms with Crippen LogP contribution in [0.25, 0.3) is 0 Å². The molecular weight excluding hydrogens is 280 g/mol. The van der Waals surface area contributed by atoms with Gasteiger partial charge in [0.2, 0.25) is 10.0 Å². The minimum absolute atomic E-state index is 0.520. The molecule has 19 heavy (non-hydrogen) atoms. The Kier molecular flexibility index (Phi) is 4.62. The summed E-state index contributed by atoms with van der Waals surface area (Å²) in [6.45, 7) is 1.91. The van der Waals surface area contributed by atoms with Gasteiger partial charge in [-0.15, -0.1) is 0 Å². The van der Waals surface area contributed by atoms with Crippen molar-refractivity contribution in [2.45, 2.75) is 25.8 Å². The average Bonchev–Trinajstić information content (AvgIpc) is 2.33. The summed E-state index contributed by atoms with van der Waals surface area (Å²) < 4.78 is 25.0. The highest BCUT2D eigenvalue weighted by atomic mass is 32.2. The molecule has 4 nitrogen and oxygen atoms in total. The Bertz CT molecular complexity index is 538. The zero-order valence-corrected chi connectivity index (χ0v) is 12.9. The van der Waals surface area contributed by atoms with Crippen LogP contribution in [0.5, 0.6) is 0 Å². The van der Waals surface area contributed by atoms with Crippen molar-refractivity contribution in [2.75, 3.05) is 27.8 Å². The number of benzene rings is 1. The second kappa shape index (κ2) is 6.05. The van der Waals surface area contributed by atoms with Gasteiger partial charge >= 0.3 is 0 Å². The molecule has 2 N–H and O–H groups in total. The lowest BCUT2D eigenvalue weighted by Gasteiger charge is -2.24. The van der Waals surface area contributed by atoms with E-state index in [2.05, 4.69) is 10.0 Å². The molecule has 0 radical (unpaired) electrons. The van der Waals surface area contributed by atoms with Crippen LogP contribution in [0.15, 0.2) is 18.2 Å². The van der Waals surface area contributed by atoms with E-state index in [1.54, 1.807) is 0 Å². The Morgan fingerprint density at radius 2 is 2.16 bits per heavy atom. The monoisotopic (exact) mass is 300 g/mol. The predicted octanol–water partition coefficient (Wildman–Crippen LogP) is 2.67. The van der Waals surface area contributed by atoms with E-state index in [0.29, 0.717) is 11.7 Å². The van der Waals surface area contributed by atoms with Gasteiger partial charge in [-0.1, -0.05) is 0 Å². The molecule has 1 aliphatic rings. The standard InChI is InChI=1S/C13H20N2O2S2/c1-10-8-11(14-12-4-3-7-18-9-12)5-6-13(10)15-19(2,16)17/h5-6,8,12,14-15H,3-4,7,9H2,1-2H3. The lowest BCUT2D eigenvalue weighted by Crippen LogP contribution is -2.25. The number of aryl methyl sites for hydroxylation is 1. The van der Waals surface area contributed by atoms with Crippen molar-refractivity contribution in [3.8, 4) is 0 Å². The summed E-state index contributed by atoms with van der Waals surface area (Å²) in [6.07, 6.45) is 3.63. The van der Waals surface area contributed by atoms with E-state index in [-0.39, 0.29) is 0 Å². The SMILES string of the molecule is Cc1cc(NC2CCCSC2)ccc1NS(C)(=O)=O. The number of hydrogen-bond donors (Lipinski definition) is 2. The highest BCUT2D eigenvalue weighted by molar-refractivity contribution is 7.99. The van der Waals surface area contributed by atoms with Crippen LogP contribution in [0.1, 0.15) is 18.4 Å². The second-order valence-corrected chi connectivity index (χ2v) is 7.86. The summed E-state index contributed by atoms with van der Waals surface area (Å²) in [5, 5.41) is 3.51. The molecule has 0 saturated carbocycles. The fourth-order valence-corrected chi connectivity index (χ4v) is 3.86. The van der Waals surface area contributed by atoms with Crippen molar-refractivity contribution in [1.29, 1.82) is 0 Å². The van der Waals surface area contributed by atoms with E-state index in [4.69, 9.17) is 0 Å². The number of rotatable bonds is 4. The molecule has 0 aromatic heterocycles. The van der Waals surface area contributed by atoms with E-state index in [1.807, 2.05) is 36.9 Å². The number of hydrogen-bond acceptors (Lipinski definition) is 4. The molecule has 1 atom stereocenters. The summed E-state index contributed by atoms with van der Waals surface area (Å²) >= 11 is 1.98. The van der Waals surface area contributed by atoms with E-state index in [9.17, 15) is 8.42 Å². The first-order valence-corrected chi connectivity index (χ1v) is 9.41. The van der Waals surface area contributed by atoms with E-state index in [0.717, 1.165) is 23.3 Å². The Morgan fingerprint density at radius 1 is 1.37 bits per heavy atom. The molecule has 0 aliphatic carbocycles.